The first-order valence-electron chi connectivity index (χ1n) is 7.32. The summed E-state index contributed by atoms with van der Waals surface area (Å²) in [5.74, 6) is 0. The molecule has 0 aromatic carbocycles. The first-order chi connectivity index (χ1) is 10.4. The zero-order chi connectivity index (χ0) is 15.9. The number of sulfonamides is 1. The lowest BCUT2D eigenvalue weighted by Gasteiger charge is -2.36. The number of hydrogen-bond donors (Lipinski definition) is 2. The summed E-state index contributed by atoms with van der Waals surface area (Å²) in [4.78, 5) is 7.19. The fraction of sp³-hybridized carbons (Fsp3) is 0.500. The molecule has 8 heteroatoms. The van der Waals surface area contributed by atoms with Crippen molar-refractivity contribution in [2.75, 3.05) is 6.54 Å². The Bertz CT molecular complexity index is 787. The molecule has 1 aliphatic heterocycles. The predicted molar refractivity (Wildman–Crippen MR) is 86.3 cm³/mol. The minimum Gasteiger partial charge on any atom is -0.345 e. The number of hydrogen-bond acceptors (Lipinski definition) is 4. The van der Waals surface area contributed by atoms with Crippen molar-refractivity contribution in [1.29, 1.82) is 0 Å². The lowest BCUT2D eigenvalue weighted by Crippen LogP contribution is -2.51. The van der Waals surface area contributed by atoms with Crippen LogP contribution in [0, 0.1) is 0 Å². The van der Waals surface area contributed by atoms with Gasteiger partial charge in [0.25, 0.3) is 0 Å². The van der Waals surface area contributed by atoms with Gasteiger partial charge in [0.15, 0.2) is 0 Å². The van der Waals surface area contributed by atoms with Crippen molar-refractivity contribution in [1.82, 2.24) is 14.3 Å². The molecule has 0 radical (unpaired) electrons. The zero-order valence-electron chi connectivity index (χ0n) is 12.3. The third-order valence-electron chi connectivity index (χ3n) is 4.18. The van der Waals surface area contributed by atoms with E-state index in [0.717, 1.165) is 19.3 Å². The molecule has 1 aliphatic rings. The van der Waals surface area contributed by atoms with Crippen LogP contribution in [0.2, 0.25) is 5.02 Å². The molecule has 0 bridgehead atoms. The molecule has 120 valence electrons. The van der Waals surface area contributed by atoms with E-state index in [4.69, 9.17) is 17.3 Å². The Morgan fingerprint density at radius 2 is 2.27 bits per heavy atom. The molecule has 1 saturated heterocycles. The van der Waals surface area contributed by atoms with Gasteiger partial charge in [0.05, 0.1) is 10.4 Å². The van der Waals surface area contributed by atoms with Crippen molar-refractivity contribution in [3.8, 4) is 0 Å². The van der Waals surface area contributed by atoms with Crippen molar-refractivity contribution in [3.63, 3.8) is 0 Å². The highest BCUT2D eigenvalue weighted by Crippen LogP contribution is 2.33. The molecule has 0 aliphatic carbocycles. The lowest BCUT2D eigenvalue weighted by molar-refractivity contribution is 0.227. The highest BCUT2D eigenvalue weighted by Gasteiger charge is 2.37. The van der Waals surface area contributed by atoms with Crippen LogP contribution < -0.4 is 5.73 Å². The largest absolute Gasteiger partial charge is 0.345 e. The number of aromatic nitrogens is 2. The number of piperidine rings is 1. The van der Waals surface area contributed by atoms with Gasteiger partial charge in [-0.2, -0.15) is 4.31 Å². The van der Waals surface area contributed by atoms with E-state index in [1.807, 2.05) is 6.92 Å². The van der Waals surface area contributed by atoms with Crippen LogP contribution in [0.25, 0.3) is 11.0 Å². The van der Waals surface area contributed by atoms with E-state index < -0.39 is 10.0 Å². The van der Waals surface area contributed by atoms with Gasteiger partial charge in [0.1, 0.15) is 10.5 Å². The molecule has 3 rings (SSSR count). The highest BCUT2D eigenvalue weighted by atomic mass is 35.5. The van der Waals surface area contributed by atoms with E-state index in [1.165, 1.54) is 10.5 Å². The Morgan fingerprint density at radius 1 is 1.50 bits per heavy atom. The van der Waals surface area contributed by atoms with E-state index in [0.29, 0.717) is 22.6 Å². The SMILES string of the molecule is CC(N)C1CCCCN1S(=O)(=O)c1c[nH]c2nccc(Cl)c12. The first kappa shape index (κ1) is 15.7. The topological polar surface area (TPSA) is 92.1 Å². The number of nitrogens with two attached hydrogens (primary N) is 1. The number of fused-ring (bicyclic) bond motifs is 1. The Balaban J connectivity index is 2.11. The van der Waals surface area contributed by atoms with Gasteiger partial charge in [-0.3, -0.25) is 0 Å². The number of nitrogens with one attached hydrogen (secondary N) is 1. The van der Waals surface area contributed by atoms with Gasteiger partial charge in [0, 0.05) is 31.0 Å². The van der Waals surface area contributed by atoms with E-state index in [-0.39, 0.29) is 17.0 Å². The number of rotatable bonds is 3. The summed E-state index contributed by atoms with van der Waals surface area (Å²) in [6.07, 6.45) is 5.63. The number of H-pyrrole nitrogens is 1. The van der Waals surface area contributed by atoms with Crippen molar-refractivity contribution in [2.45, 2.75) is 43.2 Å². The lowest BCUT2D eigenvalue weighted by atomic mass is 10.00. The smallest absolute Gasteiger partial charge is 0.245 e. The van der Waals surface area contributed by atoms with Crippen LogP contribution in [-0.2, 0) is 10.0 Å². The average molecular weight is 343 g/mol. The molecular formula is C14H19ClN4O2S. The summed E-state index contributed by atoms with van der Waals surface area (Å²) in [6, 6.07) is 1.20. The summed E-state index contributed by atoms with van der Waals surface area (Å²) < 4.78 is 27.7. The number of pyridine rings is 1. The molecule has 6 nitrogen and oxygen atoms in total. The molecule has 2 aromatic rings. The zero-order valence-corrected chi connectivity index (χ0v) is 13.9. The third kappa shape index (κ3) is 2.52. The van der Waals surface area contributed by atoms with Crippen LogP contribution in [0.1, 0.15) is 26.2 Å². The van der Waals surface area contributed by atoms with Crippen LogP contribution in [-0.4, -0.2) is 41.3 Å². The average Bonchev–Trinajstić information content (AvgIpc) is 2.93. The molecule has 0 spiro atoms. The molecular weight excluding hydrogens is 324 g/mol. The second-order valence-corrected chi connectivity index (χ2v) is 7.97. The van der Waals surface area contributed by atoms with E-state index in [2.05, 4.69) is 9.97 Å². The van der Waals surface area contributed by atoms with Gasteiger partial charge in [-0.05, 0) is 25.8 Å². The van der Waals surface area contributed by atoms with Gasteiger partial charge < -0.3 is 10.7 Å². The fourth-order valence-corrected chi connectivity index (χ4v) is 5.32. The summed E-state index contributed by atoms with van der Waals surface area (Å²) in [5.41, 5.74) is 6.47. The maximum Gasteiger partial charge on any atom is 0.245 e. The van der Waals surface area contributed by atoms with Crippen LogP contribution in [0.3, 0.4) is 0 Å². The second-order valence-electron chi connectivity index (χ2n) is 5.71. The van der Waals surface area contributed by atoms with Crippen molar-refractivity contribution < 1.29 is 8.42 Å². The van der Waals surface area contributed by atoms with Gasteiger partial charge >= 0.3 is 0 Å². The van der Waals surface area contributed by atoms with Crippen LogP contribution >= 0.6 is 11.6 Å². The standard InChI is InChI=1S/C14H19ClN4O2S/c1-9(16)11-4-2-3-7-19(11)22(20,21)12-8-18-14-13(12)10(15)5-6-17-14/h5-6,8-9,11H,2-4,7,16H2,1H3,(H,17,18). The summed E-state index contributed by atoms with van der Waals surface area (Å²) in [6.45, 7) is 2.33. The van der Waals surface area contributed by atoms with Gasteiger partial charge in [-0.15, -0.1) is 0 Å². The minimum absolute atomic E-state index is 0.174. The second kappa shape index (κ2) is 5.81. The van der Waals surface area contributed by atoms with E-state index >= 15 is 0 Å². The van der Waals surface area contributed by atoms with Gasteiger partial charge in [-0.25, -0.2) is 13.4 Å². The number of nitrogens with zero attached hydrogens (tertiary/aromatic N) is 2. The molecule has 3 N–H and O–H groups in total. The number of aromatic amines is 1. The van der Waals surface area contributed by atoms with Crippen LogP contribution in [0.15, 0.2) is 23.4 Å². The molecule has 3 heterocycles. The molecule has 2 unspecified atom stereocenters. The Hall–Kier alpha value is -1.15. The first-order valence-corrected chi connectivity index (χ1v) is 9.13. The molecule has 22 heavy (non-hydrogen) atoms. The molecule has 2 aromatic heterocycles. The van der Waals surface area contributed by atoms with Crippen molar-refractivity contribution in [2.24, 2.45) is 5.73 Å². The normalized spacial score (nSPS) is 22.0. The maximum atomic E-state index is 13.1. The van der Waals surface area contributed by atoms with Crippen molar-refractivity contribution in [3.05, 3.63) is 23.5 Å². The van der Waals surface area contributed by atoms with Gasteiger partial charge in [0.2, 0.25) is 10.0 Å². The third-order valence-corrected chi connectivity index (χ3v) is 6.44. The molecule has 2 atom stereocenters. The summed E-state index contributed by atoms with van der Waals surface area (Å²) in [7, 11) is -3.66. The van der Waals surface area contributed by atoms with Gasteiger partial charge in [-0.1, -0.05) is 18.0 Å². The predicted octanol–water partition coefficient (Wildman–Crippen LogP) is 2.11. The Kier molecular flexibility index (Phi) is 4.15. The molecule has 1 fully saturated rings. The van der Waals surface area contributed by atoms with Crippen LogP contribution in [0.4, 0.5) is 0 Å². The Labute approximate surface area is 134 Å². The summed E-state index contributed by atoms with van der Waals surface area (Å²) >= 11 is 6.18. The molecule has 0 saturated carbocycles. The number of halogens is 1. The maximum absolute atomic E-state index is 13.1. The summed E-state index contributed by atoms with van der Waals surface area (Å²) in [5, 5.41) is 0.817. The van der Waals surface area contributed by atoms with Crippen LogP contribution in [0.5, 0.6) is 0 Å². The van der Waals surface area contributed by atoms with E-state index in [1.54, 1.807) is 12.3 Å². The van der Waals surface area contributed by atoms with E-state index in [9.17, 15) is 8.42 Å². The Morgan fingerprint density at radius 3 is 3.00 bits per heavy atom. The minimum atomic E-state index is -3.66. The van der Waals surface area contributed by atoms with Crippen molar-refractivity contribution >= 4 is 32.7 Å². The fourth-order valence-electron chi connectivity index (χ4n) is 3.07. The highest BCUT2D eigenvalue weighted by molar-refractivity contribution is 7.89. The monoisotopic (exact) mass is 342 g/mol. The molecule has 0 amide bonds. The quantitative estimate of drug-likeness (QED) is 0.893.